The SMILES string of the molecule is Cc1cc(-c2cccc3c2sc2ccccc23)cc(C)c1-c1nc2ccccc2n1-c1ccccc1. The number of nitrogens with zero attached hydrogens (tertiary/aromatic N) is 2. The van der Waals surface area contributed by atoms with Crippen molar-refractivity contribution in [3.05, 3.63) is 120 Å². The highest BCUT2D eigenvalue weighted by molar-refractivity contribution is 7.26. The molecule has 0 atom stereocenters. The number of imidazole rings is 1. The van der Waals surface area contributed by atoms with Crippen LogP contribution in [0, 0.1) is 13.8 Å². The van der Waals surface area contributed by atoms with E-state index in [0.29, 0.717) is 0 Å². The van der Waals surface area contributed by atoms with E-state index in [-0.39, 0.29) is 0 Å². The average molecular weight is 481 g/mol. The third kappa shape index (κ3) is 3.20. The maximum absolute atomic E-state index is 5.13. The highest BCUT2D eigenvalue weighted by Crippen LogP contribution is 2.41. The molecule has 0 bridgehead atoms. The van der Waals surface area contributed by atoms with E-state index in [1.807, 2.05) is 11.3 Å². The Morgan fingerprint density at radius 2 is 1.36 bits per heavy atom. The van der Waals surface area contributed by atoms with E-state index in [9.17, 15) is 0 Å². The van der Waals surface area contributed by atoms with Crippen LogP contribution in [0.4, 0.5) is 0 Å². The molecule has 2 aromatic heterocycles. The molecule has 2 nitrogen and oxygen atoms in total. The van der Waals surface area contributed by atoms with Crippen molar-refractivity contribution in [2.75, 3.05) is 0 Å². The van der Waals surface area contributed by atoms with Crippen LogP contribution in [0.3, 0.4) is 0 Å². The molecular weight excluding hydrogens is 456 g/mol. The van der Waals surface area contributed by atoms with Crippen molar-refractivity contribution in [3.63, 3.8) is 0 Å². The molecule has 0 unspecified atom stereocenters. The molecule has 36 heavy (non-hydrogen) atoms. The van der Waals surface area contributed by atoms with E-state index in [2.05, 4.69) is 128 Å². The first kappa shape index (κ1) is 21.1. The fourth-order valence-electron chi connectivity index (χ4n) is 5.48. The number of aromatic nitrogens is 2. The predicted octanol–water partition coefficient (Wildman–Crippen LogP) is 9.34. The van der Waals surface area contributed by atoms with Crippen LogP contribution in [0.5, 0.6) is 0 Å². The summed E-state index contributed by atoms with van der Waals surface area (Å²) >= 11 is 1.88. The zero-order valence-corrected chi connectivity index (χ0v) is 21.0. The number of fused-ring (bicyclic) bond motifs is 4. The number of thiophene rings is 1. The summed E-state index contributed by atoms with van der Waals surface area (Å²) in [6.07, 6.45) is 0. The zero-order valence-electron chi connectivity index (χ0n) is 20.2. The van der Waals surface area contributed by atoms with Crippen molar-refractivity contribution in [1.29, 1.82) is 0 Å². The van der Waals surface area contributed by atoms with Crippen molar-refractivity contribution in [2.24, 2.45) is 0 Å². The van der Waals surface area contributed by atoms with E-state index in [1.54, 1.807) is 0 Å². The second-order valence-electron chi connectivity index (χ2n) is 9.36. The van der Waals surface area contributed by atoms with Gasteiger partial charge in [0.15, 0.2) is 0 Å². The lowest BCUT2D eigenvalue weighted by Crippen LogP contribution is -2.00. The van der Waals surface area contributed by atoms with Gasteiger partial charge in [0.1, 0.15) is 5.82 Å². The topological polar surface area (TPSA) is 17.8 Å². The third-order valence-electron chi connectivity index (χ3n) is 7.05. The van der Waals surface area contributed by atoms with Gasteiger partial charge in [0, 0.05) is 31.4 Å². The third-order valence-corrected chi connectivity index (χ3v) is 8.27. The summed E-state index contributed by atoms with van der Waals surface area (Å²) < 4.78 is 4.97. The summed E-state index contributed by atoms with van der Waals surface area (Å²) in [5.74, 6) is 0.990. The number of para-hydroxylation sites is 3. The van der Waals surface area contributed by atoms with Crippen molar-refractivity contribution >= 4 is 42.5 Å². The quantitative estimate of drug-likeness (QED) is 0.246. The van der Waals surface area contributed by atoms with Crippen LogP contribution in [-0.2, 0) is 0 Å². The molecule has 3 heteroatoms. The molecule has 7 aromatic rings. The minimum atomic E-state index is 0.990. The minimum Gasteiger partial charge on any atom is -0.292 e. The second kappa shape index (κ2) is 8.18. The Hall–Kier alpha value is -4.21. The molecule has 0 amide bonds. The molecular formula is C33H24N2S. The van der Waals surface area contributed by atoms with Crippen molar-refractivity contribution in [3.8, 4) is 28.2 Å². The van der Waals surface area contributed by atoms with E-state index in [1.165, 1.54) is 48.0 Å². The van der Waals surface area contributed by atoms with Crippen LogP contribution in [0.2, 0.25) is 0 Å². The summed E-state index contributed by atoms with van der Waals surface area (Å²) in [6, 6.07) is 39.0. The van der Waals surface area contributed by atoms with Crippen LogP contribution in [0.25, 0.3) is 59.4 Å². The molecule has 2 heterocycles. The summed E-state index contributed by atoms with van der Waals surface area (Å²) in [7, 11) is 0. The monoisotopic (exact) mass is 480 g/mol. The molecule has 0 aliphatic carbocycles. The van der Waals surface area contributed by atoms with Gasteiger partial charge in [0.2, 0.25) is 0 Å². The summed E-state index contributed by atoms with van der Waals surface area (Å²) in [5.41, 5.74) is 9.47. The highest BCUT2D eigenvalue weighted by atomic mass is 32.1. The van der Waals surface area contributed by atoms with Gasteiger partial charge in [-0.25, -0.2) is 4.98 Å². The van der Waals surface area contributed by atoms with Gasteiger partial charge in [-0.3, -0.25) is 4.57 Å². The molecule has 5 aromatic carbocycles. The molecule has 172 valence electrons. The van der Waals surface area contributed by atoms with Crippen molar-refractivity contribution in [1.82, 2.24) is 9.55 Å². The normalized spacial score (nSPS) is 11.6. The average Bonchev–Trinajstić information content (AvgIpc) is 3.47. The molecule has 7 rings (SSSR count). The lowest BCUT2D eigenvalue weighted by atomic mass is 9.94. The summed E-state index contributed by atoms with van der Waals surface area (Å²) in [6.45, 7) is 4.43. The number of benzene rings is 5. The Balaban J connectivity index is 1.46. The van der Waals surface area contributed by atoms with Crippen molar-refractivity contribution < 1.29 is 0 Å². The first-order chi connectivity index (χ1) is 17.7. The second-order valence-corrected chi connectivity index (χ2v) is 10.4. The number of hydrogen-bond acceptors (Lipinski definition) is 2. The van der Waals surface area contributed by atoms with Gasteiger partial charge in [0.25, 0.3) is 0 Å². The largest absolute Gasteiger partial charge is 0.292 e. The van der Waals surface area contributed by atoms with E-state index in [0.717, 1.165) is 22.5 Å². The van der Waals surface area contributed by atoms with Crippen LogP contribution in [0.1, 0.15) is 11.1 Å². The Kier molecular flexibility index (Phi) is 4.80. The Bertz CT molecular complexity index is 1880. The van der Waals surface area contributed by atoms with Gasteiger partial charge < -0.3 is 0 Å². The summed E-state index contributed by atoms with van der Waals surface area (Å²) in [5, 5.41) is 2.67. The van der Waals surface area contributed by atoms with Crippen LogP contribution in [-0.4, -0.2) is 9.55 Å². The maximum atomic E-state index is 5.13. The van der Waals surface area contributed by atoms with E-state index >= 15 is 0 Å². The minimum absolute atomic E-state index is 0.990. The Morgan fingerprint density at radius 3 is 2.19 bits per heavy atom. The van der Waals surface area contributed by atoms with Gasteiger partial charge in [-0.05, 0) is 66.4 Å². The predicted molar refractivity (Wildman–Crippen MR) is 154 cm³/mol. The van der Waals surface area contributed by atoms with Crippen LogP contribution in [0.15, 0.2) is 109 Å². The van der Waals surface area contributed by atoms with Crippen LogP contribution >= 0.6 is 11.3 Å². The molecule has 0 saturated heterocycles. The van der Waals surface area contributed by atoms with Crippen LogP contribution < -0.4 is 0 Å². The van der Waals surface area contributed by atoms with Gasteiger partial charge >= 0.3 is 0 Å². The molecule has 0 saturated carbocycles. The lowest BCUT2D eigenvalue weighted by molar-refractivity contribution is 1.09. The van der Waals surface area contributed by atoms with Gasteiger partial charge in [-0.15, -0.1) is 11.3 Å². The smallest absolute Gasteiger partial charge is 0.146 e. The van der Waals surface area contributed by atoms with E-state index in [4.69, 9.17) is 4.98 Å². The molecule has 0 spiro atoms. The number of hydrogen-bond donors (Lipinski definition) is 0. The zero-order chi connectivity index (χ0) is 24.2. The van der Waals surface area contributed by atoms with Crippen molar-refractivity contribution in [2.45, 2.75) is 13.8 Å². The lowest BCUT2D eigenvalue weighted by Gasteiger charge is -2.16. The Morgan fingerprint density at radius 1 is 0.667 bits per heavy atom. The first-order valence-electron chi connectivity index (χ1n) is 12.2. The molecule has 0 aliphatic rings. The standard InChI is InChI=1S/C33H24N2S/c1-21-19-23(25-14-10-15-27-26-13-6-9-18-30(26)36-32(25)27)20-22(2)31(21)33-34-28-16-7-8-17-29(28)35(33)24-11-4-3-5-12-24/h3-20H,1-2H3. The van der Waals surface area contributed by atoms with Gasteiger partial charge in [-0.1, -0.05) is 78.9 Å². The maximum Gasteiger partial charge on any atom is 0.146 e. The van der Waals surface area contributed by atoms with E-state index < -0.39 is 0 Å². The molecule has 0 radical (unpaired) electrons. The first-order valence-corrected chi connectivity index (χ1v) is 13.1. The molecule has 0 fully saturated rings. The highest BCUT2D eigenvalue weighted by Gasteiger charge is 2.19. The number of aryl methyl sites for hydroxylation is 2. The van der Waals surface area contributed by atoms with Gasteiger partial charge in [0.05, 0.1) is 11.0 Å². The fourth-order valence-corrected chi connectivity index (χ4v) is 6.72. The molecule has 0 aliphatic heterocycles. The fraction of sp³-hybridized carbons (Fsp3) is 0.0606. The Labute approximate surface area is 214 Å². The molecule has 0 N–H and O–H groups in total. The number of rotatable bonds is 3. The summed E-state index contributed by atoms with van der Waals surface area (Å²) in [4.78, 5) is 5.13. The van der Waals surface area contributed by atoms with Gasteiger partial charge in [-0.2, -0.15) is 0 Å².